The first-order valence-electron chi connectivity index (χ1n) is 7.59. The summed E-state index contributed by atoms with van der Waals surface area (Å²) in [6.45, 7) is 0. The summed E-state index contributed by atoms with van der Waals surface area (Å²) in [6.07, 6.45) is 0.979. The van der Waals surface area contributed by atoms with Gasteiger partial charge in [0.25, 0.3) is 0 Å². The number of hydrogen-bond acceptors (Lipinski definition) is 5. The van der Waals surface area contributed by atoms with Gasteiger partial charge in [0.05, 0.1) is 28.4 Å². The van der Waals surface area contributed by atoms with Crippen LogP contribution in [0.5, 0.6) is 23.0 Å². The van der Waals surface area contributed by atoms with Crippen molar-refractivity contribution in [3.63, 3.8) is 0 Å². The number of ketones is 1. The summed E-state index contributed by atoms with van der Waals surface area (Å²) in [5.41, 5.74) is 1.62. The molecule has 0 spiro atoms. The molecule has 0 bridgehead atoms. The van der Waals surface area contributed by atoms with Gasteiger partial charge in [-0.2, -0.15) is 0 Å². The predicted octanol–water partition coefficient (Wildman–Crippen LogP) is 3.54. The first-order valence-corrected chi connectivity index (χ1v) is 7.59. The molecule has 0 radical (unpaired) electrons. The van der Waals surface area contributed by atoms with Crippen molar-refractivity contribution in [2.24, 2.45) is 0 Å². The first kappa shape index (κ1) is 17.7. The molecule has 0 aliphatic heterocycles. The smallest absolute Gasteiger partial charge is 0.203 e. The highest BCUT2D eigenvalue weighted by atomic mass is 16.5. The minimum atomic E-state index is 0.0754. The SMILES string of the molecule is COc1ccc(C(=O)CCc2cc(OC)c(OC)c(OC)c2)cc1. The van der Waals surface area contributed by atoms with Crippen LogP contribution in [0, 0.1) is 0 Å². The molecule has 0 aliphatic carbocycles. The Labute approximate surface area is 142 Å². The number of benzene rings is 2. The summed E-state index contributed by atoms with van der Waals surface area (Å²) >= 11 is 0. The Morgan fingerprint density at radius 3 is 1.88 bits per heavy atom. The quantitative estimate of drug-likeness (QED) is 0.693. The zero-order valence-electron chi connectivity index (χ0n) is 14.4. The van der Waals surface area contributed by atoms with E-state index < -0.39 is 0 Å². The number of Topliss-reactive ketones (excluding diaryl/α,β-unsaturated/α-hetero) is 1. The van der Waals surface area contributed by atoms with Crippen LogP contribution >= 0.6 is 0 Å². The summed E-state index contributed by atoms with van der Waals surface area (Å²) in [7, 11) is 6.31. The van der Waals surface area contributed by atoms with E-state index in [0.29, 0.717) is 35.7 Å². The Morgan fingerprint density at radius 1 is 0.833 bits per heavy atom. The highest BCUT2D eigenvalue weighted by Gasteiger charge is 2.14. The van der Waals surface area contributed by atoms with Crippen molar-refractivity contribution < 1.29 is 23.7 Å². The van der Waals surface area contributed by atoms with Crippen LogP contribution in [-0.2, 0) is 6.42 Å². The fraction of sp³-hybridized carbons (Fsp3) is 0.316. The number of methoxy groups -OCH3 is 4. The van der Waals surface area contributed by atoms with Crippen LogP contribution in [0.3, 0.4) is 0 Å². The van der Waals surface area contributed by atoms with Gasteiger partial charge in [0.15, 0.2) is 17.3 Å². The molecule has 0 amide bonds. The van der Waals surface area contributed by atoms with Crippen molar-refractivity contribution in [1.82, 2.24) is 0 Å². The van der Waals surface area contributed by atoms with Gasteiger partial charge < -0.3 is 18.9 Å². The fourth-order valence-corrected chi connectivity index (χ4v) is 2.46. The maximum atomic E-state index is 12.3. The molecule has 0 N–H and O–H groups in total. The van der Waals surface area contributed by atoms with Crippen molar-refractivity contribution in [1.29, 1.82) is 0 Å². The Balaban J connectivity index is 2.11. The van der Waals surface area contributed by atoms with E-state index >= 15 is 0 Å². The fourth-order valence-electron chi connectivity index (χ4n) is 2.46. The van der Waals surface area contributed by atoms with Crippen molar-refractivity contribution in [2.45, 2.75) is 12.8 Å². The van der Waals surface area contributed by atoms with E-state index in [9.17, 15) is 4.79 Å². The average molecular weight is 330 g/mol. The second-order valence-corrected chi connectivity index (χ2v) is 5.19. The largest absolute Gasteiger partial charge is 0.497 e. The molecule has 0 saturated carbocycles. The Morgan fingerprint density at radius 2 is 1.42 bits per heavy atom. The molecule has 2 aromatic rings. The van der Waals surface area contributed by atoms with Crippen LogP contribution in [0.1, 0.15) is 22.3 Å². The zero-order valence-corrected chi connectivity index (χ0v) is 14.4. The third-order valence-electron chi connectivity index (χ3n) is 3.78. The molecule has 0 atom stereocenters. The Bertz CT molecular complexity index is 666. The van der Waals surface area contributed by atoms with Gasteiger partial charge in [0.2, 0.25) is 5.75 Å². The van der Waals surface area contributed by atoms with Gasteiger partial charge in [-0.05, 0) is 48.4 Å². The minimum Gasteiger partial charge on any atom is -0.497 e. The van der Waals surface area contributed by atoms with Crippen LogP contribution in [0.4, 0.5) is 0 Å². The van der Waals surface area contributed by atoms with Crippen molar-refractivity contribution in [3.05, 3.63) is 47.5 Å². The molecule has 128 valence electrons. The number of carbonyl (C=O) groups excluding carboxylic acids is 1. The van der Waals surface area contributed by atoms with Gasteiger partial charge in [-0.3, -0.25) is 4.79 Å². The van der Waals surface area contributed by atoms with Gasteiger partial charge in [0.1, 0.15) is 5.75 Å². The number of carbonyl (C=O) groups is 1. The highest BCUT2D eigenvalue weighted by Crippen LogP contribution is 2.38. The van der Waals surface area contributed by atoms with Crippen LogP contribution in [0.25, 0.3) is 0 Å². The number of hydrogen-bond donors (Lipinski definition) is 0. The molecule has 5 heteroatoms. The molecular formula is C19H22O5. The third-order valence-corrected chi connectivity index (χ3v) is 3.78. The molecule has 24 heavy (non-hydrogen) atoms. The minimum absolute atomic E-state index is 0.0754. The predicted molar refractivity (Wildman–Crippen MR) is 91.7 cm³/mol. The van der Waals surface area contributed by atoms with Crippen LogP contribution in [0.2, 0.25) is 0 Å². The van der Waals surface area contributed by atoms with Crippen molar-refractivity contribution >= 4 is 5.78 Å². The molecular weight excluding hydrogens is 308 g/mol. The summed E-state index contributed by atoms with van der Waals surface area (Å²) in [5, 5.41) is 0. The Kier molecular flexibility index (Phi) is 6.07. The molecule has 0 aliphatic rings. The second kappa shape index (κ2) is 8.24. The maximum absolute atomic E-state index is 12.3. The summed E-state index contributed by atoms with van der Waals surface area (Å²) < 4.78 is 21.1. The van der Waals surface area contributed by atoms with Crippen molar-refractivity contribution in [3.8, 4) is 23.0 Å². The monoisotopic (exact) mass is 330 g/mol. The maximum Gasteiger partial charge on any atom is 0.203 e. The van der Waals surface area contributed by atoms with Gasteiger partial charge in [0, 0.05) is 12.0 Å². The van der Waals surface area contributed by atoms with Gasteiger partial charge in [-0.1, -0.05) is 0 Å². The lowest BCUT2D eigenvalue weighted by Gasteiger charge is -2.14. The molecule has 0 saturated heterocycles. The number of rotatable bonds is 8. The van der Waals surface area contributed by atoms with E-state index in [4.69, 9.17) is 18.9 Å². The molecule has 0 aromatic heterocycles. The third kappa shape index (κ3) is 3.98. The van der Waals surface area contributed by atoms with E-state index in [-0.39, 0.29) is 5.78 Å². The lowest BCUT2D eigenvalue weighted by atomic mass is 10.0. The highest BCUT2D eigenvalue weighted by molar-refractivity contribution is 5.96. The second-order valence-electron chi connectivity index (χ2n) is 5.19. The van der Waals surface area contributed by atoms with Crippen LogP contribution in [0.15, 0.2) is 36.4 Å². The van der Waals surface area contributed by atoms with E-state index in [2.05, 4.69) is 0 Å². The van der Waals surface area contributed by atoms with Gasteiger partial charge in [-0.25, -0.2) is 0 Å². The molecule has 0 heterocycles. The molecule has 2 rings (SSSR count). The van der Waals surface area contributed by atoms with E-state index in [1.807, 2.05) is 12.1 Å². The molecule has 5 nitrogen and oxygen atoms in total. The molecule has 0 unspecified atom stereocenters. The average Bonchev–Trinajstić information content (AvgIpc) is 2.65. The standard InChI is InChI=1S/C19H22O5/c1-21-15-8-6-14(7-9-15)16(20)10-5-13-11-17(22-2)19(24-4)18(12-13)23-3/h6-9,11-12H,5,10H2,1-4H3. The topological polar surface area (TPSA) is 54.0 Å². The lowest BCUT2D eigenvalue weighted by Crippen LogP contribution is -2.02. The number of ether oxygens (including phenoxy) is 4. The summed E-state index contributed by atoms with van der Waals surface area (Å²) in [5.74, 6) is 2.53. The number of aryl methyl sites for hydroxylation is 1. The van der Waals surface area contributed by atoms with Gasteiger partial charge >= 0.3 is 0 Å². The van der Waals surface area contributed by atoms with E-state index in [1.165, 1.54) is 0 Å². The summed E-state index contributed by atoms with van der Waals surface area (Å²) in [4.78, 5) is 12.3. The van der Waals surface area contributed by atoms with Crippen molar-refractivity contribution in [2.75, 3.05) is 28.4 Å². The summed E-state index contributed by atoms with van der Waals surface area (Å²) in [6, 6.07) is 10.8. The van der Waals surface area contributed by atoms with Crippen LogP contribution < -0.4 is 18.9 Å². The van der Waals surface area contributed by atoms with E-state index in [0.717, 1.165) is 11.3 Å². The molecule has 0 fully saturated rings. The van der Waals surface area contributed by atoms with Gasteiger partial charge in [-0.15, -0.1) is 0 Å². The van der Waals surface area contributed by atoms with E-state index in [1.54, 1.807) is 52.7 Å². The normalized spacial score (nSPS) is 10.2. The zero-order chi connectivity index (χ0) is 17.5. The first-order chi connectivity index (χ1) is 11.6. The van der Waals surface area contributed by atoms with Crippen LogP contribution in [-0.4, -0.2) is 34.2 Å². The molecule has 2 aromatic carbocycles. The Hall–Kier alpha value is -2.69. The lowest BCUT2D eigenvalue weighted by molar-refractivity contribution is 0.0982.